The van der Waals surface area contributed by atoms with Gasteiger partial charge in [-0.2, -0.15) is 0 Å². The number of aryl methyl sites for hydroxylation is 3. The lowest BCUT2D eigenvalue weighted by Gasteiger charge is -2.19. The number of pyridine rings is 1. The van der Waals surface area contributed by atoms with Gasteiger partial charge in [0.15, 0.2) is 0 Å². The van der Waals surface area contributed by atoms with Crippen molar-refractivity contribution in [1.82, 2.24) is 14.8 Å². The van der Waals surface area contributed by atoms with Crippen LogP contribution in [0.3, 0.4) is 0 Å². The number of likely N-dealkylation sites (N-methyl/N-ethyl adjacent to an activating group) is 2. The van der Waals surface area contributed by atoms with E-state index < -0.39 is 0 Å². The van der Waals surface area contributed by atoms with Crippen LogP contribution in [0.15, 0.2) is 30.5 Å². The summed E-state index contributed by atoms with van der Waals surface area (Å²) in [4.78, 5) is 32.4. The summed E-state index contributed by atoms with van der Waals surface area (Å²) in [6.45, 7) is 7.78. The number of hydrogen-bond acceptors (Lipinski definition) is 4. The lowest BCUT2D eigenvalue weighted by molar-refractivity contribution is -0.125. The number of fused-ring (bicyclic) bond motifs is 1. The van der Waals surface area contributed by atoms with Crippen LogP contribution < -0.4 is 5.32 Å². The van der Waals surface area contributed by atoms with E-state index in [1.165, 1.54) is 22.3 Å². The van der Waals surface area contributed by atoms with E-state index in [1.807, 2.05) is 25.1 Å². The molecule has 2 heterocycles. The SMILES string of the molecule is Cc1cc(C)c(CN(C)C(=O)C=Cc2cnc3c(c2)CN(C)CC(=O)N3)c(C)c1. The first-order chi connectivity index (χ1) is 13.7. The number of nitrogens with zero attached hydrogens (tertiary/aromatic N) is 3. The molecule has 0 fully saturated rings. The molecular formula is C23H28N4O2. The van der Waals surface area contributed by atoms with Gasteiger partial charge >= 0.3 is 0 Å². The van der Waals surface area contributed by atoms with Crippen LogP contribution >= 0.6 is 0 Å². The summed E-state index contributed by atoms with van der Waals surface area (Å²) < 4.78 is 0. The highest BCUT2D eigenvalue weighted by Gasteiger charge is 2.17. The third-order valence-corrected chi connectivity index (χ3v) is 5.13. The van der Waals surface area contributed by atoms with Crippen molar-refractivity contribution < 1.29 is 9.59 Å². The second-order valence-corrected chi connectivity index (χ2v) is 7.90. The minimum Gasteiger partial charge on any atom is -0.338 e. The maximum absolute atomic E-state index is 12.6. The molecular weight excluding hydrogens is 364 g/mol. The number of carbonyl (C=O) groups excluding carboxylic acids is 2. The number of benzene rings is 1. The number of aromatic nitrogens is 1. The summed E-state index contributed by atoms with van der Waals surface area (Å²) in [5, 5.41) is 2.81. The van der Waals surface area contributed by atoms with Crippen molar-refractivity contribution >= 4 is 23.7 Å². The molecule has 0 aliphatic carbocycles. The van der Waals surface area contributed by atoms with Crippen LogP contribution in [0.5, 0.6) is 0 Å². The smallest absolute Gasteiger partial charge is 0.246 e. The van der Waals surface area contributed by atoms with Gasteiger partial charge in [0.2, 0.25) is 11.8 Å². The Hall–Kier alpha value is -2.99. The van der Waals surface area contributed by atoms with Crippen molar-refractivity contribution in [2.24, 2.45) is 0 Å². The van der Waals surface area contributed by atoms with Gasteiger partial charge in [0, 0.05) is 38.0 Å². The van der Waals surface area contributed by atoms with Gasteiger partial charge < -0.3 is 10.2 Å². The minimum absolute atomic E-state index is 0.0651. The number of carbonyl (C=O) groups is 2. The van der Waals surface area contributed by atoms with E-state index in [1.54, 1.807) is 23.2 Å². The van der Waals surface area contributed by atoms with Gasteiger partial charge in [0.05, 0.1) is 6.54 Å². The Morgan fingerprint density at radius 1 is 1.21 bits per heavy atom. The van der Waals surface area contributed by atoms with Gasteiger partial charge in [-0.1, -0.05) is 17.7 Å². The van der Waals surface area contributed by atoms with Crippen LogP contribution in [-0.4, -0.2) is 47.2 Å². The lowest BCUT2D eigenvalue weighted by atomic mass is 9.99. The number of anilines is 1. The maximum Gasteiger partial charge on any atom is 0.246 e. The maximum atomic E-state index is 12.6. The average Bonchev–Trinajstić information content (AvgIpc) is 2.78. The second-order valence-electron chi connectivity index (χ2n) is 7.90. The van der Waals surface area contributed by atoms with Crippen LogP contribution in [0.2, 0.25) is 0 Å². The highest BCUT2D eigenvalue weighted by molar-refractivity contribution is 5.93. The third-order valence-electron chi connectivity index (χ3n) is 5.13. The number of amides is 2. The molecule has 1 aromatic carbocycles. The molecule has 6 nitrogen and oxygen atoms in total. The Morgan fingerprint density at radius 2 is 1.90 bits per heavy atom. The molecule has 6 heteroatoms. The molecule has 2 amide bonds. The molecule has 1 aliphatic rings. The summed E-state index contributed by atoms with van der Waals surface area (Å²) in [6, 6.07) is 6.25. The van der Waals surface area contributed by atoms with E-state index in [0.717, 1.165) is 11.1 Å². The van der Waals surface area contributed by atoms with Crippen molar-refractivity contribution in [3.05, 3.63) is 63.9 Å². The number of hydrogen-bond donors (Lipinski definition) is 1. The number of nitrogens with one attached hydrogen (secondary N) is 1. The first kappa shape index (κ1) is 20.7. The monoisotopic (exact) mass is 392 g/mol. The largest absolute Gasteiger partial charge is 0.338 e. The zero-order valence-corrected chi connectivity index (χ0v) is 17.7. The Balaban J connectivity index is 1.71. The molecule has 3 rings (SSSR count). The van der Waals surface area contributed by atoms with Gasteiger partial charge in [-0.15, -0.1) is 0 Å². The van der Waals surface area contributed by atoms with Crippen molar-refractivity contribution in [3.8, 4) is 0 Å². The fourth-order valence-electron chi connectivity index (χ4n) is 3.69. The van der Waals surface area contributed by atoms with E-state index in [0.29, 0.717) is 25.5 Å². The van der Waals surface area contributed by atoms with Gasteiger partial charge in [-0.25, -0.2) is 4.98 Å². The molecule has 1 N–H and O–H groups in total. The van der Waals surface area contributed by atoms with Gasteiger partial charge in [-0.3, -0.25) is 14.5 Å². The first-order valence-electron chi connectivity index (χ1n) is 9.70. The summed E-state index contributed by atoms with van der Waals surface area (Å²) in [7, 11) is 3.70. The van der Waals surface area contributed by atoms with E-state index in [2.05, 4.69) is 43.2 Å². The van der Waals surface area contributed by atoms with Crippen molar-refractivity contribution in [2.75, 3.05) is 26.0 Å². The van der Waals surface area contributed by atoms with Crippen LogP contribution in [0.1, 0.15) is 33.4 Å². The van der Waals surface area contributed by atoms with Gasteiger partial charge in [0.1, 0.15) is 5.82 Å². The van der Waals surface area contributed by atoms with Crippen molar-refractivity contribution in [1.29, 1.82) is 0 Å². The summed E-state index contributed by atoms with van der Waals surface area (Å²) in [5.41, 5.74) is 6.59. The Labute approximate surface area is 172 Å². The summed E-state index contributed by atoms with van der Waals surface area (Å²) in [5.74, 6) is 0.454. The molecule has 1 aliphatic heterocycles. The van der Waals surface area contributed by atoms with E-state index in [-0.39, 0.29) is 11.8 Å². The van der Waals surface area contributed by atoms with E-state index in [9.17, 15) is 9.59 Å². The Bertz CT molecular complexity index is 958. The predicted molar refractivity (Wildman–Crippen MR) is 115 cm³/mol. The molecule has 152 valence electrons. The van der Waals surface area contributed by atoms with Gasteiger partial charge in [-0.05, 0) is 62.2 Å². The highest BCUT2D eigenvalue weighted by Crippen LogP contribution is 2.20. The standard InChI is InChI=1S/C23H28N4O2/c1-15-8-16(2)20(17(3)9-15)13-27(5)22(29)7-6-18-10-19-12-26(4)14-21(28)25-23(19)24-11-18/h6-11H,12-14H2,1-5H3,(H,24,25,28). The zero-order chi connectivity index (χ0) is 21.1. The molecule has 29 heavy (non-hydrogen) atoms. The summed E-state index contributed by atoms with van der Waals surface area (Å²) >= 11 is 0. The molecule has 2 aromatic rings. The van der Waals surface area contributed by atoms with Crippen LogP contribution in [0, 0.1) is 20.8 Å². The fourth-order valence-corrected chi connectivity index (χ4v) is 3.69. The van der Waals surface area contributed by atoms with Crippen LogP contribution in [0.4, 0.5) is 5.82 Å². The van der Waals surface area contributed by atoms with E-state index >= 15 is 0 Å². The highest BCUT2D eigenvalue weighted by atomic mass is 16.2. The molecule has 0 unspecified atom stereocenters. The topological polar surface area (TPSA) is 65.5 Å². The van der Waals surface area contributed by atoms with Crippen LogP contribution in [-0.2, 0) is 22.7 Å². The molecule has 0 radical (unpaired) electrons. The molecule has 0 bridgehead atoms. The summed E-state index contributed by atoms with van der Waals surface area (Å²) in [6.07, 6.45) is 5.01. The molecule has 0 atom stereocenters. The minimum atomic E-state index is -0.0689. The normalized spacial score (nSPS) is 14.4. The quantitative estimate of drug-likeness (QED) is 0.812. The Kier molecular flexibility index (Phi) is 6.13. The molecule has 0 spiro atoms. The van der Waals surface area contributed by atoms with Crippen molar-refractivity contribution in [3.63, 3.8) is 0 Å². The van der Waals surface area contributed by atoms with Crippen LogP contribution in [0.25, 0.3) is 6.08 Å². The second kappa shape index (κ2) is 8.57. The third kappa shape index (κ3) is 5.09. The lowest BCUT2D eigenvalue weighted by Crippen LogP contribution is -2.26. The first-order valence-corrected chi connectivity index (χ1v) is 9.70. The van der Waals surface area contributed by atoms with Crippen molar-refractivity contribution in [2.45, 2.75) is 33.9 Å². The average molecular weight is 393 g/mol. The predicted octanol–water partition coefficient (Wildman–Crippen LogP) is 3.06. The molecule has 0 saturated carbocycles. The molecule has 0 saturated heterocycles. The Morgan fingerprint density at radius 3 is 2.59 bits per heavy atom. The van der Waals surface area contributed by atoms with E-state index in [4.69, 9.17) is 0 Å². The van der Waals surface area contributed by atoms with Gasteiger partial charge in [0.25, 0.3) is 0 Å². The number of rotatable bonds is 4. The zero-order valence-electron chi connectivity index (χ0n) is 17.7. The fraction of sp³-hybridized carbons (Fsp3) is 0.348. The molecule has 1 aromatic heterocycles.